The van der Waals surface area contributed by atoms with E-state index in [2.05, 4.69) is 11.0 Å². The molecule has 0 spiro atoms. The Morgan fingerprint density at radius 2 is 2.32 bits per heavy atom. The molecule has 100 valence electrons. The van der Waals surface area contributed by atoms with Crippen molar-refractivity contribution in [1.82, 2.24) is 0 Å². The number of carbonyl (C=O) groups is 1. The number of nitrogen functional groups attached to an aromatic ring is 1. The van der Waals surface area contributed by atoms with Gasteiger partial charge in [0.25, 0.3) is 0 Å². The van der Waals surface area contributed by atoms with E-state index < -0.39 is 5.41 Å². The molecule has 1 amide bonds. The molecule has 0 radical (unpaired) electrons. The van der Waals surface area contributed by atoms with Crippen molar-refractivity contribution in [3.63, 3.8) is 0 Å². The number of anilines is 2. The number of carbonyl (C=O) groups excluding carboxylic acids is 1. The van der Waals surface area contributed by atoms with E-state index in [9.17, 15) is 4.79 Å². The topological polar surface area (TPSA) is 96.1 Å². The molecule has 1 saturated heterocycles. The number of primary amides is 1. The van der Waals surface area contributed by atoms with Crippen LogP contribution in [0.4, 0.5) is 11.4 Å². The second-order valence-corrected chi connectivity index (χ2v) is 5.31. The molecule has 0 saturated carbocycles. The molecule has 2 rings (SSSR count). The second-order valence-electron chi connectivity index (χ2n) is 5.31. The summed E-state index contributed by atoms with van der Waals surface area (Å²) >= 11 is 0. The zero-order valence-electron chi connectivity index (χ0n) is 11.0. The third-order valence-corrected chi connectivity index (χ3v) is 3.83. The monoisotopic (exact) mass is 258 g/mol. The lowest BCUT2D eigenvalue weighted by Gasteiger charge is -2.23. The summed E-state index contributed by atoms with van der Waals surface area (Å²) in [5.41, 5.74) is 13.2. The molecule has 1 unspecified atom stereocenters. The first-order chi connectivity index (χ1) is 8.96. The van der Waals surface area contributed by atoms with Crippen LogP contribution in [-0.4, -0.2) is 19.0 Å². The van der Waals surface area contributed by atoms with Crippen molar-refractivity contribution in [1.29, 1.82) is 5.26 Å². The maximum absolute atomic E-state index is 11.5. The quantitative estimate of drug-likeness (QED) is 0.791. The molecular formula is C14H18N4O. The summed E-state index contributed by atoms with van der Waals surface area (Å²) in [5, 5.41) is 8.78. The molecule has 1 aliphatic rings. The highest BCUT2D eigenvalue weighted by molar-refractivity contribution is 5.82. The number of amides is 1. The average Bonchev–Trinajstić information content (AvgIpc) is 2.76. The van der Waals surface area contributed by atoms with E-state index in [0.717, 1.165) is 24.2 Å². The predicted molar refractivity (Wildman–Crippen MR) is 74.3 cm³/mol. The Kier molecular flexibility index (Phi) is 3.34. The van der Waals surface area contributed by atoms with Crippen molar-refractivity contribution >= 4 is 17.3 Å². The summed E-state index contributed by atoms with van der Waals surface area (Å²) in [6, 6.07) is 7.75. The van der Waals surface area contributed by atoms with Crippen LogP contribution in [0.5, 0.6) is 0 Å². The lowest BCUT2D eigenvalue weighted by Crippen LogP contribution is -2.37. The SMILES string of the molecule is CC1(C(N)=O)CCN(c2ccc(N)c(CC#N)c2)C1. The highest BCUT2D eigenvalue weighted by atomic mass is 16.1. The first-order valence-corrected chi connectivity index (χ1v) is 6.26. The van der Waals surface area contributed by atoms with Crippen molar-refractivity contribution in [2.45, 2.75) is 19.8 Å². The average molecular weight is 258 g/mol. The molecule has 1 aromatic carbocycles. The maximum atomic E-state index is 11.5. The van der Waals surface area contributed by atoms with Crippen LogP contribution in [0.15, 0.2) is 18.2 Å². The fourth-order valence-corrected chi connectivity index (χ4v) is 2.41. The first-order valence-electron chi connectivity index (χ1n) is 6.26. The molecular weight excluding hydrogens is 240 g/mol. The van der Waals surface area contributed by atoms with Crippen LogP contribution < -0.4 is 16.4 Å². The summed E-state index contributed by atoms with van der Waals surface area (Å²) < 4.78 is 0. The van der Waals surface area contributed by atoms with Gasteiger partial charge < -0.3 is 16.4 Å². The van der Waals surface area contributed by atoms with Gasteiger partial charge in [0, 0.05) is 24.5 Å². The Morgan fingerprint density at radius 3 is 2.89 bits per heavy atom. The van der Waals surface area contributed by atoms with E-state index in [-0.39, 0.29) is 5.91 Å². The molecule has 1 aromatic rings. The predicted octanol–water partition coefficient (Wildman–Crippen LogP) is 1.04. The first kappa shape index (κ1) is 13.2. The van der Waals surface area contributed by atoms with E-state index in [1.54, 1.807) is 0 Å². The number of benzene rings is 1. The van der Waals surface area contributed by atoms with Gasteiger partial charge in [-0.2, -0.15) is 5.26 Å². The fourth-order valence-electron chi connectivity index (χ4n) is 2.41. The van der Waals surface area contributed by atoms with Crippen LogP contribution in [0.2, 0.25) is 0 Å². The van der Waals surface area contributed by atoms with E-state index in [1.165, 1.54) is 0 Å². The number of hydrogen-bond acceptors (Lipinski definition) is 4. The number of nitrogens with two attached hydrogens (primary N) is 2. The number of rotatable bonds is 3. The summed E-state index contributed by atoms with van der Waals surface area (Å²) in [6.07, 6.45) is 1.04. The maximum Gasteiger partial charge on any atom is 0.225 e. The van der Waals surface area contributed by atoms with E-state index >= 15 is 0 Å². The molecule has 1 atom stereocenters. The number of nitrogens with zero attached hydrogens (tertiary/aromatic N) is 2. The zero-order valence-corrected chi connectivity index (χ0v) is 11.0. The molecule has 1 heterocycles. The van der Waals surface area contributed by atoms with Gasteiger partial charge >= 0.3 is 0 Å². The van der Waals surface area contributed by atoms with Crippen LogP contribution in [0.25, 0.3) is 0 Å². The van der Waals surface area contributed by atoms with E-state index in [1.807, 2.05) is 25.1 Å². The fraction of sp³-hybridized carbons (Fsp3) is 0.429. The number of nitriles is 1. The Labute approximate surface area is 112 Å². The lowest BCUT2D eigenvalue weighted by atomic mass is 9.89. The highest BCUT2D eigenvalue weighted by Crippen LogP contribution is 2.33. The Bertz CT molecular complexity index is 549. The van der Waals surface area contributed by atoms with Crippen LogP contribution in [0, 0.1) is 16.7 Å². The largest absolute Gasteiger partial charge is 0.398 e. The van der Waals surface area contributed by atoms with Crippen molar-refractivity contribution in [3.05, 3.63) is 23.8 Å². The van der Waals surface area contributed by atoms with Gasteiger partial charge in [0.15, 0.2) is 0 Å². The Balaban J connectivity index is 2.23. The van der Waals surface area contributed by atoms with Gasteiger partial charge in [-0.1, -0.05) is 0 Å². The molecule has 1 fully saturated rings. The van der Waals surface area contributed by atoms with Crippen molar-refractivity contribution in [2.75, 3.05) is 23.7 Å². The van der Waals surface area contributed by atoms with Crippen LogP contribution in [0.3, 0.4) is 0 Å². The normalized spacial score (nSPS) is 22.2. The summed E-state index contributed by atoms with van der Waals surface area (Å²) in [7, 11) is 0. The van der Waals surface area contributed by atoms with Crippen LogP contribution in [-0.2, 0) is 11.2 Å². The van der Waals surface area contributed by atoms with E-state index in [4.69, 9.17) is 16.7 Å². The van der Waals surface area contributed by atoms with Gasteiger partial charge in [0.1, 0.15) is 0 Å². The summed E-state index contributed by atoms with van der Waals surface area (Å²) in [4.78, 5) is 13.6. The summed E-state index contributed by atoms with van der Waals surface area (Å²) in [6.45, 7) is 3.29. The van der Waals surface area contributed by atoms with Crippen molar-refractivity contribution < 1.29 is 4.79 Å². The minimum Gasteiger partial charge on any atom is -0.398 e. The van der Waals surface area contributed by atoms with Gasteiger partial charge in [-0.25, -0.2) is 0 Å². The van der Waals surface area contributed by atoms with Gasteiger partial charge in [0.2, 0.25) is 5.91 Å². The smallest absolute Gasteiger partial charge is 0.225 e. The standard InChI is InChI=1S/C14H18N4O/c1-14(13(17)19)5-7-18(9-14)11-2-3-12(16)10(8-11)4-6-15/h2-3,8H,4-5,7,9,16H2,1H3,(H2,17,19). The third-order valence-electron chi connectivity index (χ3n) is 3.83. The van der Waals surface area contributed by atoms with E-state index in [0.29, 0.717) is 18.7 Å². The third kappa shape index (κ3) is 2.48. The molecule has 4 N–H and O–H groups in total. The van der Waals surface area contributed by atoms with Crippen molar-refractivity contribution in [2.24, 2.45) is 11.1 Å². The van der Waals surface area contributed by atoms with Crippen LogP contribution >= 0.6 is 0 Å². The van der Waals surface area contributed by atoms with Gasteiger partial charge in [-0.15, -0.1) is 0 Å². The molecule has 0 aromatic heterocycles. The molecule has 5 heteroatoms. The molecule has 0 aliphatic carbocycles. The minimum absolute atomic E-state index is 0.261. The molecule has 0 bridgehead atoms. The van der Waals surface area contributed by atoms with Gasteiger partial charge in [-0.3, -0.25) is 4.79 Å². The van der Waals surface area contributed by atoms with Gasteiger partial charge in [-0.05, 0) is 37.1 Å². The zero-order chi connectivity index (χ0) is 14.0. The molecule has 1 aliphatic heterocycles. The molecule has 19 heavy (non-hydrogen) atoms. The molecule has 5 nitrogen and oxygen atoms in total. The minimum atomic E-state index is -0.475. The van der Waals surface area contributed by atoms with Gasteiger partial charge in [0.05, 0.1) is 17.9 Å². The van der Waals surface area contributed by atoms with Crippen molar-refractivity contribution in [3.8, 4) is 6.07 Å². The lowest BCUT2D eigenvalue weighted by molar-refractivity contribution is -0.125. The number of hydrogen-bond donors (Lipinski definition) is 2. The summed E-state index contributed by atoms with van der Waals surface area (Å²) in [5.74, 6) is -0.261. The Morgan fingerprint density at radius 1 is 1.58 bits per heavy atom. The second kappa shape index (κ2) is 4.81. The van der Waals surface area contributed by atoms with Crippen LogP contribution in [0.1, 0.15) is 18.9 Å². The Hall–Kier alpha value is -2.22. The highest BCUT2D eigenvalue weighted by Gasteiger charge is 2.38.